The van der Waals surface area contributed by atoms with Crippen molar-refractivity contribution in [1.29, 1.82) is 0 Å². The van der Waals surface area contributed by atoms with Crippen molar-refractivity contribution in [2.45, 2.75) is 26.4 Å². The average Bonchev–Trinajstić information content (AvgIpc) is 2.21. The lowest BCUT2D eigenvalue weighted by Crippen LogP contribution is -2.35. The number of allylic oxidation sites excluding steroid dienone is 1. The van der Waals surface area contributed by atoms with Crippen LogP contribution in [-0.4, -0.2) is 42.9 Å². The Bertz CT molecular complexity index is 308. The molecule has 0 aromatic heterocycles. The zero-order valence-electron chi connectivity index (χ0n) is 10.7. The van der Waals surface area contributed by atoms with Crippen molar-refractivity contribution in [3.63, 3.8) is 0 Å². The maximum Gasteiger partial charge on any atom is 0.410 e. The summed E-state index contributed by atoms with van der Waals surface area (Å²) in [4.78, 5) is 17.2. The SMILES string of the molecule is CN(CCN=CC(I)=CN)C(=O)OC(C)(C)C. The molecule has 0 bridgehead atoms. The Balaban J connectivity index is 3.99. The van der Waals surface area contributed by atoms with E-state index in [4.69, 9.17) is 10.5 Å². The molecule has 0 aromatic rings. The van der Waals surface area contributed by atoms with Gasteiger partial charge in [0.2, 0.25) is 0 Å². The minimum Gasteiger partial charge on any atom is -0.444 e. The summed E-state index contributed by atoms with van der Waals surface area (Å²) in [6.07, 6.45) is 2.81. The second-order valence-corrected chi connectivity index (χ2v) is 5.73. The number of carbonyl (C=O) groups is 1. The molecule has 6 heteroatoms. The van der Waals surface area contributed by atoms with Crippen LogP contribution < -0.4 is 5.73 Å². The molecule has 0 aromatic carbocycles. The molecule has 0 atom stereocenters. The zero-order chi connectivity index (χ0) is 13.5. The van der Waals surface area contributed by atoms with Crippen molar-refractivity contribution in [3.8, 4) is 0 Å². The number of aliphatic imine (C=N–C) groups is 1. The molecule has 0 heterocycles. The minimum atomic E-state index is -0.466. The Kier molecular flexibility index (Phi) is 7.17. The van der Waals surface area contributed by atoms with E-state index in [0.29, 0.717) is 13.1 Å². The van der Waals surface area contributed by atoms with E-state index in [1.54, 1.807) is 13.3 Å². The number of hydrogen-bond donors (Lipinski definition) is 1. The van der Waals surface area contributed by atoms with Gasteiger partial charge in [0.05, 0.1) is 6.54 Å². The minimum absolute atomic E-state index is 0.336. The van der Waals surface area contributed by atoms with E-state index < -0.39 is 5.60 Å². The standard InChI is InChI=1S/C11H20IN3O2/c1-11(2,3)17-10(16)15(4)6-5-14-8-9(12)7-13/h7-8H,5-6,13H2,1-4H3. The largest absolute Gasteiger partial charge is 0.444 e. The summed E-state index contributed by atoms with van der Waals surface area (Å²) in [5, 5.41) is 0. The van der Waals surface area contributed by atoms with Crippen molar-refractivity contribution in [2.24, 2.45) is 10.7 Å². The second-order valence-electron chi connectivity index (χ2n) is 4.49. The fourth-order valence-corrected chi connectivity index (χ4v) is 1.03. The van der Waals surface area contributed by atoms with Gasteiger partial charge >= 0.3 is 6.09 Å². The molecular formula is C11H20IN3O2. The molecule has 0 unspecified atom stereocenters. The maximum atomic E-state index is 11.6. The number of nitrogens with two attached hydrogens (primary N) is 1. The smallest absolute Gasteiger partial charge is 0.410 e. The molecule has 2 N–H and O–H groups in total. The number of ether oxygens (including phenoxy) is 1. The summed E-state index contributed by atoms with van der Waals surface area (Å²) in [7, 11) is 1.69. The monoisotopic (exact) mass is 353 g/mol. The Morgan fingerprint density at radius 1 is 1.53 bits per heavy atom. The summed E-state index contributed by atoms with van der Waals surface area (Å²) in [6, 6.07) is 0. The van der Waals surface area contributed by atoms with Gasteiger partial charge in [-0.1, -0.05) is 0 Å². The molecule has 5 nitrogen and oxygen atoms in total. The molecule has 0 radical (unpaired) electrons. The van der Waals surface area contributed by atoms with Crippen molar-refractivity contribution in [3.05, 3.63) is 9.78 Å². The van der Waals surface area contributed by atoms with Crippen molar-refractivity contribution in [2.75, 3.05) is 20.1 Å². The predicted molar refractivity (Wildman–Crippen MR) is 78.5 cm³/mol. The highest BCUT2D eigenvalue weighted by molar-refractivity contribution is 14.1. The molecule has 98 valence electrons. The first-order valence-electron chi connectivity index (χ1n) is 5.27. The summed E-state index contributed by atoms with van der Waals surface area (Å²) in [6.45, 7) is 6.55. The van der Waals surface area contributed by atoms with Crippen LogP contribution in [0.1, 0.15) is 20.8 Å². The molecule has 0 aliphatic rings. The molecule has 0 saturated heterocycles. The van der Waals surface area contributed by atoms with Gasteiger partial charge in [0.1, 0.15) is 5.60 Å². The van der Waals surface area contributed by atoms with E-state index in [1.165, 1.54) is 11.1 Å². The topological polar surface area (TPSA) is 67.9 Å². The second kappa shape index (κ2) is 7.52. The molecule has 1 amide bonds. The zero-order valence-corrected chi connectivity index (χ0v) is 12.9. The van der Waals surface area contributed by atoms with Crippen molar-refractivity contribution in [1.82, 2.24) is 4.90 Å². The van der Waals surface area contributed by atoms with Crippen LogP contribution in [0.4, 0.5) is 4.79 Å². The van der Waals surface area contributed by atoms with Crippen molar-refractivity contribution >= 4 is 34.9 Å². The average molecular weight is 353 g/mol. The van der Waals surface area contributed by atoms with Gasteiger partial charge in [-0.3, -0.25) is 4.99 Å². The van der Waals surface area contributed by atoms with Gasteiger partial charge in [-0.25, -0.2) is 4.79 Å². The molecule has 0 spiro atoms. The Morgan fingerprint density at radius 2 is 2.12 bits per heavy atom. The van der Waals surface area contributed by atoms with Crippen LogP contribution in [0, 0.1) is 0 Å². The van der Waals surface area contributed by atoms with Gasteiger partial charge in [0.25, 0.3) is 0 Å². The number of hydrogen-bond acceptors (Lipinski definition) is 4. The Hall–Kier alpha value is -0.790. The summed E-state index contributed by atoms with van der Waals surface area (Å²) >= 11 is 2.08. The predicted octanol–water partition coefficient (Wildman–Crippen LogP) is 2.16. The maximum absolute atomic E-state index is 11.6. The van der Waals surface area contributed by atoms with Gasteiger partial charge in [-0.05, 0) is 43.4 Å². The third-order valence-electron chi connectivity index (χ3n) is 1.64. The Labute approximate surface area is 116 Å². The van der Waals surface area contributed by atoms with E-state index in [2.05, 4.69) is 27.6 Å². The summed E-state index contributed by atoms with van der Waals surface area (Å²) in [5.41, 5.74) is 4.82. The number of nitrogens with zero attached hydrogens (tertiary/aromatic N) is 2. The first kappa shape index (κ1) is 16.2. The van der Waals surface area contributed by atoms with E-state index in [0.717, 1.165) is 3.58 Å². The third-order valence-corrected chi connectivity index (χ3v) is 2.28. The number of amides is 1. The number of rotatable bonds is 4. The van der Waals surface area contributed by atoms with E-state index in [9.17, 15) is 4.79 Å². The Morgan fingerprint density at radius 3 is 2.59 bits per heavy atom. The highest BCUT2D eigenvalue weighted by Crippen LogP contribution is 2.08. The van der Waals surface area contributed by atoms with Gasteiger partial charge in [-0.2, -0.15) is 0 Å². The van der Waals surface area contributed by atoms with E-state index in [1.807, 2.05) is 20.8 Å². The van der Waals surface area contributed by atoms with Crippen molar-refractivity contribution < 1.29 is 9.53 Å². The molecule has 0 saturated carbocycles. The lowest BCUT2D eigenvalue weighted by Gasteiger charge is -2.24. The first-order chi connectivity index (χ1) is 7.76. The van der Waals surface area contributed by atoms with Crippen LogP contribution in [0.3, 0.4) is 0 Å². The normalized spacial score (nSPS) is 12.9. The molecule has 0 aliphatic heterocycles. The molecule has 0 rings (SSSR count). The molecule has 0 fully saturated rings. The fraction of sp³-hybridized carbons (Fsp3) is 0.636. The summed E-state index contributed by atoms with van der Waals surface area (Å²) < 4.78 is 6.06. The number of carbonyl (C=O) groups excluding carboxylic acids is 1. The molecular weight excluding hydrogens is 333 g/mol. The van der Waals surface area contributed by atoms with E-state index in [-0.39, 0.29) is 6.09 Å². The lowest BCUT2D eigenvalue weighted by atomic mass is 10.2. The highest BCUT2D eigenvalue weighted by Gasteiger charge is 2.18. The van der Waals surface area contributed by atoms with Crippen LogP contribution in [0.15, 0.2) is 14.8 Å². The first-order valence-corrected chi connectivity index (χ1v) is 6.35. The lowest BCUT2D eigenvalue weighted by molar-refractivity contribution is 0.0304. The molecule has 0 aliphatic carbocycles. The third kappa shape index (κ3) is 8.96. The fourth-order valence-electron chi connectivity index (χ4n) is 0.834. The quantitative estimate of drug-likeness (QED) is 0.622. The van der Waals surface area contributed by atoms with Gasteiger partial charge in [0, 0.05) is 29.6 Å². The van der Waals surface area contributed by atoms with Crippen LogP contribution in [-0.2, 0) is 4.74 Å². The number of likely N-dealkylation sites (N-methyl/N-ethyl adjacent to an activating group) is 1. The highest BCUT2D eigenvalue weighted by atomic mass is 127. The van der Waals surface area contributed by atoms with Gasteiger partial charge < -0.3 is 15.4 Å². The van der Waals surface area contributed by atoms with Crippen LogP contribution in [0.5, 0.6) is 0 Å². The van der Waals surface area contributed by atoms with Crippen LogP contribution in [0.25, 0.3) is 0 Å². The number of halogens is 1. The van der Waals surface area contributed by atoms with Crippen LogP contribution in [0.2, 0.25) is 0 Å². The van der Waals surface area contributed by atoms with Crippen LogP contribution >= 0.6 is 22.6 Å². The van der Waals surface area contributed by atoms with Gasteiger partial charge in [-0.15, -0.1) is 0 Å². The summed E-state index contributed by atoms with van der Waals surface area (Å²) in [5.74, 6) is 0. The van der Waals surface area contributed by atoms with Gasteiger partial charge in [0.15, 0.2) is 0 Å². The van der Waals surface area contributed by atoms with E-state index >= 15 is 0 Å². The molecule has 17 heavy (non-hydrogen) atoms.